The largest absolute Gasteiger partial charge is 0.395 e. The highest BCUT2D eigenvalue weighted by atomic mass is 16.5. The van der Waals surface area contributed by atoms with Crippen LogP contribution >= 0.6 is 0 Å². The molecule has 0 unspecified atom stereocenters. The lowest BCUT2D eigenvalue weighted by molar-refractivity contribution is 0.0126. The predicted molar refractivity (Wildman–Crippen MR) is 79.6 cm³/mol. The van der Waals surface area contributed by atoms with Crippen molar-refractivity contribution in [2.24, 2.45) is 0 Å². The van der Waals surface area contributed by atoms with E-state index in [1.54, 1.807) is 12.1 Å². The summed E-state index contributed by atoms with van der Waals surface area (Å²) >= 11 is 0. The van der Waals surface area contributed by atoms with Crippen molar-refractivity contribution in [3.8, 4) is 11.8 Å². The van der Waals surface area contributed by atoms with Crippen molar-refractivity contribution in [2.45, 2.75) is 13.3 Å². The lowest BCUT2D eigenvalue weighted by Crippen LogP contribution is -2.48. The molecule has 1 amide bonds. The molecule has 112 valence electrons. The number of aryl methyl sites for hydroxylation is 1. The molecule has 1 aliphatic heterocycles. The summed E-state index contributed by atoms with van der Waals surface area (Å²) in [5, 5.41) is 10.6. The Bertz CT molecular complexity index is 554. The van der Waals surface area contributed by atoms with Gasteiger partial charge < -0.3 is 9.84 Å². The molecule has 0 aromatic heterocycles. The number of ether oxygens (including phenoxy) is 1. The molecule has 0 atom stereocenters. The number of hydrogen-bond acceptors (Lipinski definition) is 4. The Hall–Kier alpha value is -1.87. The third-order valence-electron chi connectivity index (χ3n) is 3.23. The first-order chi connectivity index (χ1) is 10.2. The molecule has 1 fully saturated rings. The van der Waals surface area contributed by atoms with E-state index in [-0.39, 0.29) is 12.5 Å². The highest BCUT2D eigenvalue weighted by Gasteiger charge is 2.14. The second-order valence-electron chi connectivity index (χ2n) is 4.85. The maximum atomic E-state index is 12.2. The molecular formula is C16H20N2O3. The number of aliphatic hydroxyl groups excluding tert-OH is 1. The monoisotopic (exact) mass is 288 g/mol. The Balaban J connectivity index is 2.07. The Labute approximate surface area is 124 Å². The van der Waals surface area contributed by atoms with E-state index in [1.165, 1.54) is 0 Å². The fourth-order valence-electron chi connectivity index (χ4n) is 1.99. The average Bonchev–Trinajstić information content (AvgIpc) is 2.50. The third-order valence-corrected chi connectivity index (χ3v) is 3.23. The van der Waals surface area contributed by atoms with Crippen LogP contribution in [0.25, 0.3) is 0 Å². The van der Waals surface area contributed by atoms with Crippen LogP contribution < -0.4 is 5.43 Å². The lowest BCUT2D eigenvalue weighted by Gasteiger charge is -2.26. The van der Waals surface area contributed by atoms with Gasteiger partial charge in [-0.05, 0) is 24.6 Å². The lowest BCUT2D eigenvalue weighted by atomic mass is 10.0. The SMILES string of the molecule is Cc1ccc(C(=O)NN2CCOCC2)cc1C#CCCO. The van der Waals surface area contributed by atoms with Crippen molar-refractivity contribution in [2.75, 3.05) is 32.9 Å². The first-order valence-electron chi connectivity index (χ1n) is 7.05. The highest BCUT2D eigenvalue weighted by Crippen LogP contribution is 2.10. The zero-order valence-electron chi connectivity index (χ0n) is 12.2. The molecule has 0 radical (unpaired) electrons. The summed E-state index contributed by atoms with van der Waals surface area (Å²) in [6, 6.07) is 5.47. The van der Waals surface area contributed by atoms with Gasteiger partial charge in [-0.2, -0.15) is 0 Å². The normalized spacial score (nSPS) is 15.1. The Kier molecular flexibility index (Phi) is 5.76. The molecular weight excluding hydrogens is 268 g/mol. The maximum absolute atomic E-state index is 12.2. The van der Waals surface area contributed by atoms with Gasteiger partial charge in [-0.15, -0.1) is 0 Å². The van der Waals surface area contributed by atoms with Crippen LogP contribution in [0.5, 0.6) is 0 Å². The minimum Gasteiger partial charge on any atom is -0.395 e. The molecule has 1 saturated heterocycles. The van der Waals surface area contributed by atoms with E-state index >= 15 is 0 Å². The number of benzene rings is 1. The van der Waals surface area contributed by atoms with Crippen molar-refractivity contribution in [3.63, 3.8) is 0 Å². The van der Waals surface area contributed by atoms with Crippen molar-refractivity contribution >= 4 is 5.91 Å². The molecule has 1 aromatic rings. The fourth-order valence-corrected chi connectivity index (χ4v) is 1.99. The minimum absolute atomic E-state index is 0.0449. The number of carbonyl (C=O) groups is 1. The van der Waals surface area contributed by atoms with Crippen LogP contribution in [0.4, 0.5) is 0 Å². The Morgan fingerprint density at radius 1 is 1.43 bits per heavy atom. The number of nitrogens with one attached hydrogen (secondary N) is 1. The molecule has 2 rings (SSSR count). The number of rotatable bonds is 3. The standard InChI is InChI=1S/C16H20N2O3/c1-13-5-6-15(12-14(13)4-2-3-9-19)16(20)17-18-7-10-21-11-8-18/h5-6,12,19H,3,7-11H2,1H3,(H,17,20). The van der Waals surface area contributed by atoms with Gasteiger partial charge in [0.2, 0.25) is 0 Å². The number of carbonyl (C=O) groups excluding carboxylic acids is 1. The van der Waals surface area contributed by atoms with Gasteiger partial charge in [-0.1, -0.05) is 17.9 Å². The van der Waals surface area contributed by atoms with E-state index in [0.717, 1.165) is 11.1 Å². The van der Waals surface area contributed by atoms with Crippen LogP contribution in [0.1, 0.15) is 27.9 Å². The van der Waals surface area contributed by atoms with Crippen LogP contribution in [0.15, 0.2) is 18.2 Å². The zero-order chi connectivity index (χ0) is 15.1. The van der Waals surface area contributed by atoms with Gasteiger partial charge in [0.1, 0.15) is 0 Å². The quantitative estimate of drug-likeness (QED) is 0.804. The number of aliphatic hydroxyl groups is 1. The summed E-state index contributed by atoms with van der Waals surface area (Å²) in [4.78, 5) is 12.2. The molecule has 0 spiro atoms. The van der Waals surface area contributed by atoms with Crippen LogP contribution in [0.2, 0.25) is 0 Å². The predicted octanol–water partition coefficient (Wildman–Crippen LogP) is 0.706. The molecule has 1 heterocycles. The van der Waals surface area contributed by atoms with E-state index in [1.807, 2.05) is 18.0 Å². The van der Waals surface area contributed by atoms with E-state index in [0.29, 0.717) is 38.3 Å². The van der Waals surface area contributed by atoms with Crippen molar-refractivity contribution in [1.29, 1.82) is 0 Å². The summed E-state index contributed by atoms with van der Waals surface area (Å²) in [6.45, 7) is 4.65. The molecule has 2 N–H and O–H groups in total. The van der Waals surface area contributed by atoms with Gasteiger partial charge in [0.15, 0.2) is 0 Å². The van der Waals surface area contributed by atoms with Gasteiger partial charge in [0.05, 0.1) is 19.8 Å². The number of nitrogens with zero attached hydrogens (tertiary/aromatic N) is 1. The van der Waals surface area contributed by atoms with E-state index < -0.39 is 0 Å². The smallest absolute Gasteiger partial charge is 0.265 e. The molecule has 21 heavy (non-hydrogen) atoms. The topological polar surface area (TPSA) is 61.8 Å². The van der Waals surface area contributed by atoms with Gasteiger partial charge in [-0.25, -0.2) is 5.01 Å². The van der Waals surface area contributed by atoms with Gasteiger partial charge in [0, 0.05) is 30.6 Å². The first kappa shape index (κ1) is 15.5. The number of hydrogen-bond donors (Lipinski definition) is 2. The summed E-state index contributed by atoms with van der Waals surface area (Å²) in [6.07, 6.45) is 0.434. The van der Waals surface area contributed by atoms with Crippen molar-refractivity contribution < 1.29 is 14.6 Å². The summed E-state index contributed by atoms with van der Waals surface area (Å²) in [5.74, 6) is 5.73. The third kappa shape index (κ3) is 4.57. The Morgan fingerprint density at radius 2 is 2.19 bits per heavy atom. The van der Waals surface area contributed by atoms with Crippen molar-refractivity contribution in [3.05, 3.63) is 34.9 Å². The van der Waals surface area contributed by atoms with E-state index in [9.17, 15) is 4.79 Å². The maximum Gasteiger partial charge on any atom is 0.265 e. The highest BCUT2D eigenvalue weighted by molar-refractivity contribution is 5.94. The summed E-state index contributed by atoms with van der Waals surface area (Å²) < 4.78 is 5.25. The van der Waals surface area contributed by atoms with E-state index in [4.69, 9.17) is 9.84 Å². The molecule has 0 bridgehead atoms. The van der Waals surface area contributed by atoms with Crippen molar-refractivity contribution in [1.82, 2.24) is 10.4 Å². The van der Waals surface area contributed by atoms with Gasteiger partial charge in [0.25, 0.3) is 5.91 Å². The molecule has 1 aliphatic rings. The van der Waals surface area contributed by atoms with Crippen LogP contribution in [-0.4, -0.2) is 48.9 Å². The summed E-state index contributed by atoms with van der Waals surface area (Å²) in [7, 11) is 0. The molecule has 0 aliphatic carbocycles. The first-order valence-corrected chi connectivity index (χ1v) is 7.05. The number of amides is 1. The van der Waals surface area contributed by atoms with Crippen LogP contribution in [0.3, 0.4) is 0 Å². The average molecular weight is 288 g/mol. The Morgan fingerprint density at radius 3 is 2.90 bits per heavy atom. The fraction of sp³-hybridized carbons (Fsp3) is 0.438. The van der Waals surface area contributed by atoms with E-state index in [2.05, 4.69) is 17.3 Å². The zero-order valence-corrected chi connectivity index (χ0v) is 12.2. The van der Waals surface area contributed by atoms with Crippen LogP contribution in [0, 0.1) is 18.8 Å². The molecule has 5 nitrogen and oxygen atoms in total. The number of hydrazine groups is 1. The molecule has 1 aromatic carbocycles. The van der Waals surface area contributed by atoms with Crippen LogP contribution in [-0.2, 0) is 4.74 Å². The second-order valence-corrected chi connectivity index (χ2v) is 4.85. The second kappa shape index (κ2) is 7.79. The van der Waals surface area contributed by atoms with Gasteiger partial charge in [-0.3, -0.25) is 10.2 Å². The number of morpholine rings is 1. The van der Waals surface area contributed by atoms with Gasteiger partial charge >= 0.3 is 0 Å². The molecule has 0 saturated carbocycles. The summed E-state index contributed by atoms with van der Waals surface area (Å²) in [5.41, 5.74) is 5.29. The molecule has 5 heteroatoms. The minimum atomic E-state index is -0.137.